The average molecular weight is 253 g/mol. The van der Waals surface area contributed by atoms with Crippen molar-refractivity contribution in [2.24, 2.45) is 5.73 Å². The Morgan fingerprint density at radius 3 is 2.68 bits per heavy atom. The summed E-state index contributed by atoms with van der Waals surface area (Å²) in [6.45, 7) is 2.48. The third-order valence-electron chi connectivity index (χ3n) is 3.01. The van der Waals surface area contributed by atoms with Crippen LogP contribution < -0.4 is 5.73 Å². The number of hydrogen-bond donors (Lipinski definition) is 1. The molecule has 5 heteroatoms. The zero-order chi connectivity index (χ0) is 13.2. The van der Waals surface area contributed by atoms with Gasteiger partial charge >= 0.3 is 0 Å². The summed E-state index contributed by atoms with van der Waals surface area (Å²) in [5.41, 5.74) is 8.54. The van der Waals surface area contributed by atoms with Crippen LogP contribution in [0.25, 0.3) is 16.9 Å². The van der Waals surface area contributed by atoms with E-state index >= 15 is 0 Å². The molecule has 0 bridgehead atoms. The molecule has 2 N–H and O–H groups in total. The molecule has 0 amide bonds. The average Bonchev–Trinajstić information content (AvgIpc) is 2.78. The maximum Gasteiger partial charge on any atom is 0.161 e. The van der Waals surface area contributed by atoms with Gasteiger partial charge in [-0.15, -0.1) is 5.10 Å². The van der Waals surface area contributed by atoms with Crippen LogP contribution in [0.1, 0.15) is 11.5 Å². The van der Waals surface area contributed by atoms with Crippen LogP contribution in [0.15, 0.2) is 36.4 Å². The number of fused-ring (bicyclic) bond motifs is 1. The molecular weight excluding hydrogens is 238 g/mol. The summed E-state index contributed by atoms with van der Waals surface area (Å²) in [5.74, 6) is 1.70. The Morgan fingerprint density at radius 1 is 1.11 bits per heavy atom. The van der Waals surface area contributed by atoms with Crippen molar-refractivity contribution in [2.45, 2.75) is 13.3 Å². The maximum atomic E-state index is 5.66. The molecule has 0 saturated carbocycles. The first-order chi connectivity index (χ1) is 9.29. The summed E-state index contributed by atoms with van der Waals surface area (Å²) >= 11 is 0. The van der Waals surface area contributed by atoms with Gasteiger partial charge in [-0.25, -0.2) is 4.98 Å². The molecule has 0 spiro atoms. The lowest BCUT2D eigenvalue weighted by atomic mass is 10.3. The molecule has 0 radical (unpaired) electrons. The summed E-state index contributed by atoms with van der Waals surface area (Å²) in [4.78, 5) is 4.62. The lowest BCUT2D eigenvalue weighted by Crippen LogP contribution is -2.10. The second-order valence-electron chi connectivity index (χ2n) is 4.42. The minimum absolute atomic E-state index is 0.558. The lowest BCUT2D eigenvalue weighted by Gasteiger charge is -2.06. The Hall–Kier alpha value is -2.27. The monoisotopic (exact) mass is 253 g/mol. The van der Waals surface area contributed by atoms with E-state index in [2.05, 4.69) is 15.2 Å². The predicted octanol–water partition coefficient (Wildman–Crippen LogP) is 1.63. The van der Waals surface area contributed by atoms with E-state index in [1.165, 1.54) is 0 Å². The largest absolute Gasteiger partial charge is 0.330 e. The third kappa shape index (κ3) is 2.08. The zero-order valence-electron chi connectivity index (χ0n) is 10.7. The van der Waals surface area contributed by atoms with Crippen molar-refractivity contribution >= 4 is 11.0 Å². The first kappa shape index (κ1) is 11.8. The van der Waals surface area contributed by atoms with E-state index in [1.807, 2.05) is 47.9 Å². The molecule has 3 aromatic rings. The van der Waals surface area contributed by atoms with E-state index in [4.69, 9.17) is 5.73 Å². The molecule has 2 aromatic heterocycles. The van der Waals surface area contributed by atoms with E-state index in [0.717, 1.165) is 28.4 Å². The maximum absolute atomic E-state index is 5.66. The highest BCUT2D eigenvalue weighted by atomic mass is 15.2. The number of nitrogens with two attached hydrogens (primary N) is 1. The van der Waals surface area contributed by atoms with Gasteiger partial charge in [-0.3, -0.25) is 4.57 Å². The third-order valence-corrected chi connectivity index (χ3v) is 3.01. The Balaban J connectivity index is 2.24. The zero-order valence-corrected chi connectivity index (χ0v) is 10.7. The summed E-state index contributed by atoms with van der Waals surface area (Å²) in [5, 5.41) is 8.36. The summed E-state index contributed by atoms with van der Waals surface area (Å²) in [6, 6.07) is 11.9. The summed E-state index contributed by atoms with van der Waals surface area (Å²) < 4.78 is 2.02. The van der Waals surface area contributed by atoms with Gasteiger partial charge in [0.05, 0.1) is 16.7 Å². The molecule has 2 heterocycles. The van der Waals surface area contributed by atoms with E-state index in [-0.39, 0.29) is 0 Å². The minimum atomic E-state index is 0.558. The van der Waals surface area contributed by atoms with Crippen LogP contribution in [0, 0.1) is 6.92 Å². The van der Waals surface area contributed by atoms with Crippen molar-refractivity contribution in [3.63, 3.8) is 0 Å². The topological polar surface area (TPSA) is 69.6 Å². The molecular formula is C14H15N5. The van der Waals surface area contributed by atoms with Crippen LogP contribution in [-0.2, 0) is 6.42 Å². The fraction of sp³-hybridized carbons (Fsp3) is 0.214. The number of hydrogen-bond acceptors (Lipinski definition) is 4. The van der Waals surface area contributed by atoms with Crippen LogP contribution in [0.2, 0.25) is 0 Å². The van der Waals surface area contributed by atoms with Gasteiger partial charge in [-0.05, 0) is 37.7 Å². The van der Waals surface area contributed by atoms with Crippen molar-refractivity contribution in [1.29, 1.82) is 0 Å². The Kier molecular flexibility index (Phi) is 2.97. The van der Waals surface area contributed by atoms with E-state index < -0.39 is 0 Å². The molecule has 3 rings (SSSR count). The summed E-state index contributed by atoms with van der Waals surface area (Å²) in [6.07, 6.45) is 0.713. The quantitative estimate of drug-likeness (QED) is 0.770. The lowest BCUT2D eigenvalue weighted by molar-refractivity contribution is 0.814. The molecule has 0 atom stereocenters. The standard InChI is InChI=1S/C14H15N5/c1-10-6-7-14(18-17-10)19-12-5-3-2-4-11(12)16-13(19)8-9-15/h2-7H,8-9,15H2,1H3. The molecule has 1 aromatic carbocycles. The minimum Gasteiger partial charge on any atom is -0.330 e. The van der Waals surface area contributed by atoms with Gasteiger partial charge in [0, 0.05) is 6.42 Å². The molecule has 0 saturated heterocycles. The SMILES string of the molecule is Cc1ccc(-n2c(CCN)nc3ccccc32)nn1. The number of para-hydroxylation sites is 2. The molecule has 19 heavy (non-hydrogen) atoms. The van der Waals surface area contributed by atoms with Gasteiger partial charge in [0.2, 0.25) is 0 Å². The van der Waals surface area contributed by atoms with E-state index in [1.54, 1.807) is 0 Å². The normalized spacial score (nSPS) is 11.1. The Labute approximate surface area is 111 Å². The molecule has 5 nitrogen and oxygen atoms in total. The highest BCUT2D eigenvalue weighted by molar-refractivity contribution is 5.77. The van der Waals surface area contributed by atoms with E-state index in [0.29, 0.717) is 13.0 Å². The number of nitrogens with zero attached hydrogens (tertiary/aromatic N) is 4. The highest BCUT2D eigenvalue weighted by Crippen LogP contribution is 2.20. The number of imidazole rings is 1. The van der Waals surface area contributed by atoms with Crippen molar-refractivity contribution in [1.82, 2.24) is 19.7 Å². The number of rotatable bonds is 3. The number of benzene rings is 1. The first-order valence-electron chi connectivity index (χ1n) is 6.27. The first-order valence-corrected chi connectivity index (χ1v) is 6.27. The second-order valence-corrected chi connectivity index (χ2v) is 4.42. The van der Waals surface area contributed by atoms with Crippen molar-refractivity contribution < 1.29 is 0 Å². The van der Waals surface area contributed by atoms with Crippen molar-refractivity contribution in [3.05, 3.63) is 47.9 Å². The van der Waals surface area contributed by atoms with E-state index in [9.17, 15) is 0 Å². The van der Waals surface area contributed by atoms with Gasteiger partial charge in [-0.2, -0.15) is 5.10 Å². The Morgan fingerprint density at radius 2 is 1.95 bits per heavy atom. The van der Waals surface area contributed by atoms with Gasteiger partial charge in [0.25, 0.3) is 0 Å². The summed E-state index contributed by atoms with van der Waals surface area (Å²) in [7, 11) is 0. The fourth-order valence-corrected chi connectivity index (χ4v) is 2.14. The van der Waals surface area contributed by atoms with Gasteiger partial charge in [0.1, 0.15) is 5.82 Å². The van der Waals surface area contributed by atoms with Crippen LogP contribution in [0.5, 0.6) is 0 Å². The van der Waals surface area contributed by atoms with Crippen LogP contribution >= 0.6 is 0 Å². The Bertz CT molecular complexity index is 699. The van der Waals surface area contributed by atoms with Crippen molar-refractivity contribution in [3.8, 4) is 5.82 Å². The molecule has 0 fully saturated rings. The molecule has 0 aliphatic carbocycles. The van der Waals surface area contributed by atoms with Gasteiger partial charge in [0.15, 0.2) is 5.82 Å². The number of aryl methyl sites for hydroxylation is 1. The van der Waals surface area contributed by atoms with Crippen LogP contribution in [0.4, 0.5) is 0 Å². The molecule has 0 aliphatic rings. The highest BCUT2D eigenvalue weighted by Gasteiger charge is 2.12. The molecule has 0 unspecified atom stereocenters. The van der Waals surface area contributed by atoms with Crippen LogP contribution in [-0.4, -0.2) is 26.3 Å². The molecule has 0 aliphatic heterocycles. The number of aromatic nitrogens is 4. The fourth-order valence-electron chi connectivity index (χ4n) is 2.14. The smallest absolute Gasteiger partial charge is 0.161 e. The second kappa shape index (κ2) is 4.78. The van der Waals surface area contributed by atoms with Gasteiger partial charge in [-0.1, -0.05) is 12.1 Å². The van der Waals surface area contributed by atoms with Crippen LogP contribution in [0.3, 0.4) is 0 Å². The predicted molar refractivity (Wildman–Crippen MR) is 74.2 cm³/mol. The van der Waals surface area contributed by atoms with Gasteiger partial charge < -0.3 is 5.73 Å². The van der Waals surface area contributed by atoms with Crippen molar-refractivity contribution in [2.75, 3.05) is 6.54 Å². The molecule has 96 valence electrons.